The van der Waals surface area contributed by atoms with E-state index in [-0.39, 0.29) is 43.7 Å². The number of ether oxygens (including phenoxy) is 1. The van der Waals surface area contributed by atoms with E-state index in [0.717, 1.165) is 10.0 Å². The summed E-state index contributed by atoms with van der Waals surface area (Å²) in [5.74, 6) is -0.209. The van der Waals surface area contributed by atoms with Gasteiger partial charge in [-0.25, -0.2) is 0 Å². The van der Waals surface area contributed by atoms with Crippen molar-refractivity contribution in [3.63, 3.8) is 0 Å². The van der Waals surface area contributed by atoms with Gasteiger partial charge in [-0.1, -0.05) is 39.7 Å². The predicted octanol–water partition coefficient (Wildman–Crippen LogP) is 3.77. The minimum Gasteiger partial charge on any atom is -0.482 e. The van der Waals surface area contributed by atoms with Gasteiger partial charge in [-0.15, -0.1) is 0 Å². The number of carbonyl (C=O) groups is 3. The Morgan fingerprint density at radius 2 is 1.78 bits per heavy atom. The fourth-order valence-corrected chi connectivity index (χ4v) is 3.34. The normalized spacial score (nSPS) is 13.8. The highest BCUT2D eigenvalue weighted by atomic mass is 79.9. The van der Waals surface area contributed by atoms with Crippen molar-refractivity contribution in [1.82, 2.24) is 4.90 Å². The second-order valence-electron chi connectivity index (χ2n) is 5.98. The number of benzene rings is 2. The van der Waals surface area contributed by atoms with E-state index in [1.54, 1.807) is 42.5 Å². The van der Waals surface area contributed by atoms with Crippen LogP contribution in [0.3, 0.4) is 0 Å². The van der Waals surface area contributed by atoms with Crippen molar-refractivity contribution >= 4 is 50.9 Å². The van der Waals surface area contributed by atoms with Crippen LogP contribution in [-0.4, -0.2) is 29.2 Å². The molecular weight excluding hydrogens is 436 g/mol. The molecule has 0 saturated carbocycles. The molecule has 0 aliphatic carbocycles. The van der Waals surface area contributed by atoms with Crippen molar-refractivity contribution in [3.05, 3.63) is 57.5 Å². The lowest BCUT2D eigenvalue weighted by Crippen LogP contribution is -2.28. The summed E-state index contributed by atoms with van der Waals surface area (Å²) in [5.41, 5.74) is 1.41. The van der Waals surface area contributed by atoms with Crippen molar-refractivity contribution in [2.24, 2.45) is 0 Å². The molecule has 0 bridgehead atoms. The molecule has 27 heavy (non-hydrogen) atoms. The van der Waals surface area contributed by atoms with Crippen molar-refractivity contribution in [2.45, 2.75) is 19.4 Å². The summed E-state index contributed by atoms with van der Waals surface area (Å²) in [5, 5.41) is 3.13. The minimum atomic E-state index is -0.327. The van der Waals surface area contributed by atoms with Gasteiger partial charge in [-0.05, 0) is 35.9 Å². The van der Waals surface area contributed by atoms with E-state index in [4.69, 9.17) is 16.3 Å². The summed E-state index contributed by atoms with van der Waals surface area (Å²) in [4.78, 5) is 36.6. The molecule has 1 fully saturated rings. The molecule has 1 N–H and O–H groups in total. The van der Waals surface area contributed by atoms with Crippen LogP contribution in [0.5, 0.6) is 5.75 Å². The summed E-state index contributed by atoms with van der Waals surface area (Å²) in [7, 11) is 0. The number of imide groups is 1. The Morgan fingerprint density at radius 3 is 2.41 bits per heavy atom. The molecular formula is C19H16BrClN2O4. The summed E-state index contributed by atoms with van der Waals surface area (Å²) >= 11 is 9.34. The van der Waals surface area contributed by atoms with Gasteiger partial charge in [0.1, 0.15) is 5.75 Å². The van der Waals surface area contributed by atoms with Gasteiger partial charge in [0.05, 0.1) is 11.6 Å². The summed E-state index contributed by atoms with van der Waals surface area (Å²) in [6.45, 7) is 0.0664. The lowest BCUT2D eigenvalue weighted by atomic mass is 10.2. The third-order valence-electron chi connectivity index (χ3n) is 3.99. The van der Waals surface area contributed by atoms with Crippen LogP contribution in [0.4, 0.5) is 5.69 Å². The van der Waals surface area contributed by atoms with Crippen LogP contribution in [-0.2, 0) is 20.9 Å². The van der Waals surface area contributed by atoms with Crippen molar-refractivity contribution in [2.75, 3.05) is 11.9 Å². The van der Waals surface area contributed by atoms with Gasteiger partial charge in [-0.2, -0.15) is 0 Å². The number of likely N-dealkylation sites (tertiary alicyclic amines) is 1. The predicted molar refractivity (Wildman–Crippen MR) is 105 cm³/mol. The van der Waals surface area contributed by atoms with E-state index < -0.39 is 0 Å². The first-order valence-electron chi connectivity index (χ1n) is 8.22. The van der Waals surface area contributed by atoms with Gasteiger partial charge < -0.3 is 10.1 Å². The van der Waals surface area contributed by atoms with E-state index in [1.807, 2.05) is 0 Å². The Hall–Kier alpha value is -2.38. The molecule has 2 aromatic carbocycles. The topological polar surface area (TPSA) is 75.7 Å². The molecule has 1 aliphatic rings. The van der Waals surface area contributed by atoms with Gasteiger partial charge >= 0.3 is 0 Å². The van der Waals surface area contributed by atoms with Crippen LogP contribution in [0.25, 0.3) is 0 Å². The van der Waals surface area contributed by atoms with Crippen molar-refractivity contribution in [1.29, 1.82) is 0 Å². The van der Waals surface area contributed by atoms with E-state index in [9.17, 15) is 14.4 Å². The van der Waals surface area contributed by atoms with E-state index >= 15 is 0 Å². The first kappa shape index (κ1) is 19.4. The minimum absolute atomic E-state index is 0.152. The molecule has 6 nitrogen and oxygen atoms in total. The Kier molecular flexibility index (Phi) is 6.13. The fraction of sp³-hybridized carbons (Fsp3) is 0.211. The molecule has 0 atom stereocenters. The molecule has 0 spiro atoms. The first-order valence-corrected chi connectivity index (χ1v) is 9.39. The number of hydrogen-bond acceptors (Lipinski definition) is 4. The highest BCUT2D eigenvalue weighted by molar-refractivity contribution is 9.10. The zero-order chi connectivity index (χ0) is 19.4. The summed E-state index contributed by atoms with van der Waals surface area (Å²) < 4.78 is 6.24. The molecule has 1 saturated heterocycles. The Balaban J connectivity index is 1.52. The monoisotopic (exact) mass is 450 g/mol. The number of anilines is 1. The van der Waals surface area contributed by atoms with Crippen LogP contribution >= 0.6 is 27.5 Å². The zero-order valence-corrected chi connectivity index (χ0v) is 16.5. The molecule has 3 rings (SSSR count). The first-order chi connectivity index (χ1) is 12.9. The average molecular weight is 452 g/mol. The lowest BCUT2D eigenvalue weighted by molar-refractivity contribution is -0.139. The number of halogens is 2. The van der Waals surface area contributed by atoms with E-state index in [1.165, 1.54) is 4.90 Å². The zero-order valence-electron chi connectivity index (χ0n) is 14.2. The van der Waals surface area contributed by atoms with Gasteiger partial charge in [-0.3, -0.25) is 19.3 Å². The van der Waals surface area contributed by atoms with Crippen LogP contribution < -0.4 is 10.1 Å². The molecule has 0 unspecified atom stereocenters. The van der Waals surface area contributed by atoms with Gasteiger partial charge in [0.25, 0.3) is 5.91 Å². The number of nitrogens with one attached hydrogen (secondary N) is 1. The molecule has 0 radical (unpaired) electrons. The maximum atomic E-state index is 12.0. The van der Waals surface area contributed by atoms with E-state index in [0.29, 0.717) is 16.5 Å². The largest absolute Gasteiger partial charge is 0.482 e. The molecule has 0 aromatic heterocycles. The lowest BCUT2D eigenvalue weighted by Gasteiger charge is -2.14. The molecule has 3 amide bonds. The molecule has 1 aliphatic heterocycles. The highest BCUT2D eigenvalue weighted by Gasteiger charge is 2.28. The van der Waals surface area contributed by atoms with Crippen LogP contribution in [0.2, 0.25) is 5.02 Å². The quantitative estimate of drug-likeness (QED) is 0.679. The van der Waals surface area contributed by atoms with Gasteiger partial charge in [0.15, 0.2) is 6.61 Å². The molecule has 8 heteroatoms. The second-order valence-corrected chi connectivity index (χ2v) is 7.31. The van der Waals surface area contributed by atoms with Crippen LogP contribution in [0.1, 0.15) is 18.4 Å². The number of amides is 3. The standard InChI is InChI=1S/C19H16BrClN2O4/c20-13-3-6-16(15(21)9-13)27-11-17(24)22-14-4-1-12(2-5-14)10-23-18(25)7-8-19(23)26/h1-6,9H,7-8,10-11H2,(H,22,24). The summed E-state index contributed by atoms with van der Waals surface area (Å²) in [6, 6.07) is 12.1. The van der Waals surface area contributed by atoms with Crippen molar-refractivity contribution < 1.29 is 19.1 Å². The van der Waals surface area contributed by atoms with E-state index in [2.05, 4.69) is 21.2 Å². The van der Waals surface area contributed by atoms with Gasteiger partial charge in [0.2, 0.25) is 11.8 Å². The molecule has 140 valence electrons. The smallest absolute Gasteiger partial charge is 0.262 e. The SMILES string of the molecule is O=C(COc1ccc(Br)cc1Cl)Nc1ccc(CN2C(=O)CCC2=O)cc1. The Labute approximate surface area is 169 Å². The highest BCUT2D eigenvalue weighted by Crippen LogP contribution is 2.27. The van der Waals surface area contributed by atoms with Gasteiger partial charge in [0, 0.05) is 23.0 Å². The average Bonchev–Trinajstić information content (AvgIpc) is 2.94. The maximum Gasteiger partial charge on any atom is 0.262 e. The summed E-state index contributed by atoms with van der Waals surface area (Å²) in [6.07, 6.45) is 0.546. The number of nitrogens with zero attached hydrogens (tertiary/aromatic N) is 1. The molecule has 1 heterocycles. The number of hydrogen-bond donors (Lipinski definition) is 1. The Bertz CT molecular complexity index is 870. The van der Waals surface area contributed by atoms with Crippen LogP contribution in [0, 0.1) is 0 Å². The maximum absolute atomic E-state index is 12.0. The fourth-order valence-electron chi connectivity index (χ4n) is 2.61. The Morgan fingerprint density at radius 1 is 1.11 bits per heavy atom. The van der Waals surface area contributed by atoms with Crippen molar-refractivity contribution in [3.8, 4) is 5.75 Å². The third-order valence-corrected chi connectivity index (χ3v) is 4.77. The second kappa shape index (κ2) is 8.54. The van der Waals surface area contributed by atoms with Crippen LogP contribution in [0.15, 0.2) is 46.9 Å². The number of carbonyl (C=O) groups excluding carboxylic acids is 3. The molecule has 2 aromatic rings. The number of rotatable bonds is 6. The third kappa shape index (κ3) is 5.08.